The number of halogens is 4. The molecule has 1 aromatic heterocycles. The van der Waals surface area contributed by atoms with E-state index in [1.54, 1.807) is 0 Å². The second-order valence-corrected chi connectivity index (χ2v) is 3.46. The highest BCUT2D eigenvalue weighted by atomic mass is 35.5. The van der Waals surface area contributed by atoms with Gasteiger partial charge in [0, 0.05) is 19.2 Å². The van der Waals surface area contributed by atoms with Gasteiger partial charge in [-0.1, -0.05) is 23.2 Å². The Kier molecular flexibility index (Phi) is 3.64. The predicted octanol–water partition coefficient (Wildman–Crippen LogP) is 2.86. The van der Waals surface area contributed by atoms with E-state index in [4.69, 9.17) is 28.3 Å². The first kappa shape index (κ1) is 11.6. The van der Waals surface area contributed by atoms with E-state index >= 15 is 0 Å². The summed E-state index contributed by atoms with van der Waals surface area (Å²) in [6, 6.07) is 1.14. The van der Waals surface area contributed by atoms with Crippen molar-refractivity contribution in [2.45, 2.75) is 12.3 Å². The van der Waals surface area contributed by atoms with Gasteiger partial charge in [-0.15, -0.1) is 0 Å². The summed E-state index contributed by atoms with van der Waals surface area (Å²) in [6.07, 6.45) is 0.232. The molecule has 2 nitrogen and oxygen atoms in total. The third kappa shape index (κ3) is 2.53. The zero-order valence-electron chi connectivity index (χ0n) is 6.98. The molecule has 0 aliphatic rings. The van der Waals surface area contributed by atoms with Gasteiger partial charge in [-0.3, -0.25) is 0 Å². The maximum Gasteiger partial charge on any atom is 0.278 e. The second-order valence-electron chi connectivity index (χ2n) is 2.66. The molecule has 1 rings (SSSR count). The van der Waals surface area contributed by atoms with Crippen LogP contribution in [0.5, 0.6) is 0 Å². The molecule has 6 heteroatoms. The molecule has 0 saturated heterocycles. The van der Waals surface area contributed by atoms with E-state index in [9.17, 15) is 8.78 Å². The van der Waals surface area contributed by atoms with E-state index < -0.39 is 24.5 Å². The Morgan fingerprint density at radius 1 is 1.43 bits per heavy atom. The molecule has 78 valence electrons. The molecule has 0 aromatic carbocycles. The maximum atomic E-state index is 13.2. The molecule has 0 fully saturated rings. The van der Waals surface area contributed by atoms with Crippen LogP contribution in [0.1, 0.15) is 12.0 Å². The number of aliphatic hydroxyl groups is 1. The van der Waals surface area contributed by atoms with E-state index in [0.717, 1.165) is 12.3 Å². The van der Waals surface area contributed by atoms with Crippen LogP contribution in [0.25, 0.3) is 0 Å². The standard InChI is InChI=1S/C8H7Cl2F2NO/c9-6-3-7(10)13-4-5(6)8(11,12)1-2-14/h3-4,14H,1-2H2. The monoisotopic (exact) mass is 241 g/mol. The number of nitrogens with zero attached hydrogens (tertiary/aromatic N) is 1. The van der Waals surface area contributed by atoms with Crippen molar-refractivity contribution in [3.63, 3.8) is 0 Å². The summed E-state index contributed by atoms with van der Waals surface area (Å²) in [5, 5.41) is 8.34. The largest absolute Gasteiger partial charge is 0.396 e. The van der Waals surface area contributed by atoms with E-state index in [0.29, 0.717) is 0 Å². The van der Waals surface area contributed by atoms with Crippen LogP contribution >= 0.6 is 23.2 Å². The number of alkyl halides is 2. The van der Waals surface area contributed by atoms with Crippen LogP contribution in [-0.4, -0.2) is 16.7 Å². The third-order valence-electron chi connectivity index (χ3n) is 1.64. The van der Waals surface area contributed by atoms with Crippen molar-refractivity contribution < 1.29 is 13.9 Å². The summed E-state index contributed by atoms with van der Waals surface area (Å²) >= 11 is 11.0. The topological polar surface area (TPSA) is 33.1 Å². The summed E-state index contributed by atoms with van der Waals surface area (Å²) in [4.78, 5) is 3.51. The van der Waals surface area contributed by atoms with Gasteiger partial charge in [0.25, 0.3) is 5.92 Å². The van der Waals surface area contributed by atoms with Crippen molar-refractivity contribution in [1.82, 2.24) is 4.98 Å². The number of aromatic nitrogens is 1. The van der Waals surface area contributed by atoms with Gasteiger partial charge in [0.05, 0.1) is 10.6 Å². The first-order valence-electron chi connectivity index (χ1n) is 3.77. The Balaban J connectivity index is 3.06. The molecule has 0 aliphatic heterocycles. The minimum Gasteiger partial charge on any atom is -0.396 e. The lowest BCUT2D eigenvalue weighted by molar-refractivity contribution is -0.0271. The van der Waals surface area contributed by atoms with Crippen molar-refractivity contribution in [1.29, 1.82) is 0 Å². The lowest BCUT2D eigenvalue weighted by Crippen LogP contribution is -2.16. The molecule has 0 radical (unpaired) electrons. The fraction of sp³-hybridized carbons (Fsp3) is 0.375. The number of hydrogen-bond acceptors (Lipinski definition) is 2. The average Bonchev–Trinajstić information content (AvgIpc) is 2.02. The van der Waals surface area contributed by atoms with Crippen LogP contribution in [-0.2, 0) is 5.92 Å². The van der Waals surface area contributed by atoms with Gasteiger partial charge in [0.1, 0.15) is 5.15 Å². The zero-order chi connectivity index (χ0) is 10.8. The second kappa shape index (κ2) is 4.38. The first-order valence-corrected chi connectivity index (χ1v) is 4.53. The van der Waals surface area contributed by atoms with Crippen LogP contribution in [0.3, 0.4) is 0 Å². The van der Waals surface area contributed by atoms with Gasteiger partial charge in [-0.2, -0.15) is 0 Å². The number of aliphatic hydroxyl groups excluding tert-OH is 1. The Morgan fingerprint density at radius 3 is 2.57 bits per heavy atom. The zero-order valence-corrected chi connectivity index (χ0v) is 8.49. The fourth-order valence-electron chi connectivity index (χ4n) is 0.952. The summed E-state index contributed by atoms with van der Waals surface area (Å²) in [5.74, 6) is -3.18. The molecule has 0 aliphatic carbocycles. The number of pyridine rings is 1. The van der Waals surface area contributed by atoms with Crippen molar-refractivity contribution >= 4 is 23.2 Å². The first-order chi connectivity index (χ1) is 6.47. The van der Waals surface area contributed by atoms with Crippen molar-refractivity contribution in [2.24, 2.45) is 0 Å². The van der Waals surface area contributed by atoms with Crippen molar-refractivity contribution in [3.8, 4) is 0 Å². The smallest absolute Gasteiger partial charge is 0.278 e. The highest BCUT2D eigenvalue weighted by Gasteiger charge is 2.33. The van der Waals surface area contributed by atoms with E-state index in [1.807, 2.05) is 0 Å². The molecular weight excluding hydrogens is 235 g/mol. The van der Waals surface area contributed by atoms with Crippen molar-refractivity contribution in [3.05, 3.63) is 28.0 Å². The Labute approximate surface area is 89.5 Å². The molecule has 0 unspecified atom stereocenters. The fourth-order valence-corrected chi connectivity index (χ4v) is 1.46. The van der Waals surface area contributed by atoms with Crippen LogP contribution in [0.4, 0.5) is 8.78 Å². The lowest BCUT2D eigenvalue weighted by Gasteiger charge is -2.16. The summed E-state index contributed by atoms with van der Waals surface area (Å²) in [7, 11) is 0. The number of hydrogen-bond donors (Lipinski definition) is 1. The van der Waals surface area contributed by atoms with Crippen molar-refractivity contribution in [2.75, 3.05) is 6.61 Å². The van der Waals surface area contributed by atoms with Gasteiger partial charge < -0.3 is 5.11 Å². The quantitative estimate of drug-likeness (QED) is 0.826. The Morgan fingerprint density at radius 2 is 2.07 bits per heavy atom. The predicted molar refractivity (Wildman–Crippen MR) is 49.9 cm³/mol. The van der Waals surface area contributed by atoms with Crippen LogP contribution in [0.15, 0.2) is 12.3 Å². The Bertz CT molecular complexity index is 333. The summed E-state index contributed by atoms with van der Waals surface area (Å²) in [6.45, 7) is -0.619. The van der Waals surface area contributed by atoms with Gasteiger partial charge >= 0.3 is 0 Å². The molecule has 14 heavy (non-hydrogen) atoms. The minimum absolute atomic E-state index is 0.0542. The van der Waals surface area contributed by atoms with Crippen LogP contribution in [0, 0.1) is 0 Å². The maximum absolute atomic E-state index is 13.2. The SMILES string of the molecule is OCCC(F)(F)c1cnc(Cl)cc1Cl. The average molecular weight is 242 g/mol. The van der Waals surface area contributed by atoms with Crippen LogP contribution in [0.2, 0.25) is 10.2 Å². The third-order valence-corrected chi connectivity index (χ3v) is 2.16. The molecule has 1 N–H and O–H groups in total. The lowest BCUT2D eigenvalue weighted by atomic mass is 10.1. The van der Waals surface area contributed by atoms with Gasteiger partial charge in [0.15, 0.2) is 0 Å². The molecule has 0 bridgehead atoms. The summed E-state index contributed by atoms with van der Waals surface area (Å²) in [5.41, 5.74) is -0.419. The highest BCUT2D eigenvalue weighted by molar-refractivity contribution is 6.34. The normalized spacial score (nSPS) is 11.8. The highest BCUT2D eigenvalue weighted by Crippen LogP contribution is 2.36. The summed E-state index contributed by atoms with van der Waals surface area (Å²) < 4.78 is 26.4. The number of rotatable bonds is 3. The van der Waals surface area contributed by atoms with Gasteiger partial charge in [-0.25, -0.2) is 13.8 Å². The van der Waals surface area contributed by atoms with E-state index in [1.165, 1.54) is 0 Å². The molecule has 1 aromatic rings. The van der Waals surface area contributed by atoms with Crippen LogP contribution < -0.4 is 0 Å². The molecular formula is C8H7Cl2F2NO. The van der Waals surface area contributed by atoms with Gasteiger partial charge in [-0.05, 0) is 6.07 Å². The van der Waals surface area contributed by atoms with E-state index in [-0.39, 0.29) is 10.2 Å². The minimum atomic E-state index is -3.18. The van der Waals surface area contributed by atoms with E-state index in [2.05, 4.69) is 4.98 Å². The molecule has 1 heterocycles. The molecule has 0 saturated carbocycles. The molecule has 0 amide bonds. The molecule has 0 atom stereocenters. The van der Waals surface area contributed by atoms with Gasteiger partial charge in [0.2, 0.25) is 0 Å². The molecule has 0 spiro atoms. The Hall–Kier alpha value is -0.450.